The summed E-state index contributed by atoms with van der Waals surface area (Å²) in [6.45, 7) is 2.07. The van der Waals surface area contributed by atoms with Crippen LogP contribution in [-0.4, -0.2) is 42.3 Å². The number of halogens is 1. The van der Waals surface area contributed by atoms with Crippen molar-refractivity contribution in [3.63, 3.8) is 0 Å². The third-order valence-electron chi connectivity index (χ3n) is 5.90. The minimum Gasteiger partial charge on any atom is -0.495 e. The Labute approximate surface area is 203 Å². The van der Waals surface area contributed by atoms with E-state index in [9.17, 15) is 4.79 Å². The van der Waals surface area contributed by atoms with Gasteiger partial charge >= 0.3 is 0 Å². The molecule has 1 amide bonds. The molecule has 2 aromatic carbocycles. The van der Waals surface area contributed by atoms with E-state index in [2.05, 4.69) is 36.5 Å². The quantitative estimate of drug-likeness (QED) is 0.553. The molecule has 0 unspecified atom stereocenters. The van der Waals surface area contributed by atoms with Crippen LogP contribution in [0.25, 0.3) is 0 Å². The van der Waals surface area contributed by atoms with Crippen LogP contribution < -0.4 is 14.8 Å². The van der Waals surface area contributed by atoms with Gasteiger partial charge in [-0.1, -0.05) is 59.6 Å². The second-order valence-corrected chi connectivity index (χ2v) is 9.68. The maximum atomic E-state index is 12.8. The molecule has 1 N–H and O–H groups in total. The fourth-order valence-corrected chi connectivity index (χ4v) is 5.26. The van der Waals surface area contributed by atoms with Crippen LogP contribution in [0.5, 0.6) is 11.5 Å². The lowest BCUT2D eigenvalue weighted by atomic mass is 9.90. The van der Waals surface area contributed by atoms with E-state index in [0.717, 1.165) is 42.0 Å². The van der Waals surface area contributed by atoms with E-state index in [4.69, 9.17) is 31.1 Å². The van der Waals surface area contributed by atoms with E-state index >= 15 is 0 Å². The van der Waals surface area contributed by atoms with Gasteiger partial charge in [0.2, 0.25) is 5.91 Å². The molecule has 1 saturated carbocycles. The van der Waals surface area contributed by atoms with Crippen LogP contribution in [0.15, 0.2) is 46.4 Å². The molecule has 0 atom stereocenters. The summed E-state index contributed by atoms with van der Waals surface area (Å²) in [6, 6.07) is 11.6. The molecular weight excluding hydrogens is 458 g/mol. The fraction of sp³-hybridized carbons (Fsp3) is 0.400. The number of carbonyl (C=O) groups is 1. The standard InChI is InChI=1S/C25H28ClN3O3S/c1-16-7-9-17(10-8-16)23-24(29-25(28-23)11-5-4-6-12-25)33-15-22(30)27-19-13-18(26)20(31-2)14-21(19)32-3/h7-10,13-14H,4-6,11-12,15H2,1-3H3,(H,27,30). The molecule has 8 heteroatoms. The summed E-state index contributed by atoms with van der Waals surface area (Å²) in [4.78, 5) is 22.9. The molecule has 33 heavy (non-hydrogen) atoms. The first-order valence-electron chi connectivity index (χ1n) is 11.0. The lowest BCUT2D eigenvalue weighted by Crippen LogP contribution is -2.25. The van der Waals surface area contributed by atoms with Crippen molar-refractivity contribution in [2.75, 3.05) is 25.3 Å². The molecule has 4 rings (SSSR count). The van der Waals surface area contributed by atoms with Gasteiger partial charge in [0.1, 0.15) is 16.5 Å². The van der Waals surface area contributed by atoms with Crippen molar-refractivity contribution in [3.8, 4) is 11.5 Å². The normalized spacial score (nSPS) is 16.8. The first-order valence-corrected chi connectivity index (χ1v) is 12.4. The maximum absolute atomic E-state index is 12.8. The van der Waals surface area contributed by atoms with Crippen molar-refractivity contribution in [2.24, 2.45) is 9.98 Å². The van der Waals surface area contributed by atoms with Crippen molar-refractivity contribution >= 4 is 45.7 Å². The molecule has 2 aliphatic rings. The number of thioether (sulfide) groups is 1. The molecule has 6 nitrogen and oxygen atoms in total. The number of hydrogen-bond acceptors (Lipinski definition) is 6. The van der Waals surface area contributed by atoms with Gasteiger partial charge in [0, 0.05) is 11.6 Å². The Hall–Kier alpha value is -2.51. The second kappa shape index (κ2) is 10.2. The van der Waals surface area contributed by atoms with E-state index < -0.39 is 0 Å². The number of nitrogens with zero attached hydrogens (tertiary/aromatic N) is 2. The summed E-state index contributed by atoms with van der Waals surface area (Å²) in [5, 5.41) is 4.12. The fourth-order valence-electron chi connectivity index (χ4n) is 4.14. The van der Waals surface area contributed by atoms with Crippen molar-refractivity contribution in [3.05, 3.63) is 52.5 Å². The summed E-state index contributed by atoms with van der Waals surface area (Å²) < 4.78 is 10.6. The van der Waals surface area contributed by atoms with Crippen LogP contribution >= 0.6 is 23.4 Å². The average Bonchev–Trinajstić information content (AvgIpc) is 3.16. The minimum absolute atomic E-state index is 0.171. The monoisotopic (exact) mass is 485 g/mol. The molecule has 0 radical (unpaired) electrons. The second-order valence-electron chi connectivity index (χ2n) is 8.31. The Balaban J connectivity index is 1.51. The molecule has 1 aliphatic heterocycles. The Bertz CT molecular complexity index is 1090. The number of hydrogen-bond donors (Lipinski definition) is 1. The number of benzene rings is 2. The highest BCUT2D eigenvalue weighted by molar-refractivity contribution is 8.16. The van der Waals surface area contributed by atoms with Crippen molar-refractivity contribution in [1.82, 2.24) is 0 Å². The minimum atomic E-state index is -0.371. The summed E-state index contributed by atoms with van der Waals surface area (Å²) in [5.74, 6) is 0.996. The number of rotatable bonds is 6. The lowest BCUT2D eigenvalue weighted by Gasteiger charge is -2.27. The maximum Gasteiger partial charge on any atom is 0.234 e. The van der Waals surface area contributed by atoms with Crippen molar-refractivity contribution in [1.29, 1.82) is 0 Å². The molecule has 0 bridgehead atoms. The Morgan fingerprint density at radius 3 is 2.42 bits per heavy atom. The number of aryl methyl sites for hydroxylation is 1. The summed E-state index contributed by atoms with van der Waals surface area (Å²) in [5.41, 5.74) is 3.25. The highest BCUT2D eigenvalue weighted by Crippen LogP contribution is 2.39. The smallest absolute Gasteiger partial charge is 0.234 e. The number of nitrogens with one attached hydrogen (secondary N) is 1. The third-order valence-corrected chi connectivity index (χ3v) is 7.16. The molecule has 1 aliphatic carbocycles. The lowest BCUT2D eigenvalue weighted by molar-refractivity contribution is -0.113. The van der Waals surface area contributed by atoms with Gasteiger partial charge in [-0.05, 0) is 38.7 Å². The van der Waals surface area contributed by atoms with Crippen LogP contribution in [0.2, 0.25) is 5.02 Å². The van der Waals surface area contributed by atoms with Crippen LogP contribution in [0, 0.1) is 6.92 Å². The molecule has 1 fully saturated rings. The zero-order valence-corrected chi connectivity index (χ0v) is 20.7. The highest BCUT2D eigenvalue weighted by Gasteiger charge is 2.37. The predicted molar refractivity (Wildman–Crippen MR) is 137 cm³/mol. The Kier molecular flexibility index (Phi) is 7.29. The van der Waals surface area contributed by atoms with Crippen LogP contribution in [-0.2, 0) is 4.79 Å². The van der Waals surface area contributed by atoms with E-state index in [1.807, 2.05) is 0 Å². The van der Waals surface area contributed by atoms with Crippen LogP contribution in [0.1, 0.15) is 43.2 Å². The van der Waals surface area contributed by atoms with Crippen molar-refractivity contribution in [2.45, 2.75) is 44.7 Å². The zero-order chi connectivity index (χ0) is 23.4. The number of aliphatic imine (C=N–C) groups is 2. The van der Waals surface area contributed by atoms with E-state index in [1.165, 1.54) is 38.0 Å². The van der Waals surface area contributed by atoms with Gasteiger partial charge in [-0.2, -0.15) is 0 Å². The molecule has 1 spiro atoms. The SMILES string of the molecule is COc1cc(OC)c(NC(=O)CSC2=NC3(CCCCC3)N=C2c2ccc(C)cc2)cc1Cl. The van der Waals surface area contributed by atoms with Gasteiger partial charge in [0.25, 0.3) is 0 Å². The first-order chi connectivity index (χ1) is 15.9. The van der Waals surface area contributed by atoms with E-state index in [-0.39, 0.29) is 17.3 Å². The summed E-state index contributed by atoms with van der Waals surface area (Å²) in [7, 11) is 3.07. The van der Waals surface area contributed by atoms with Gasteiger partial charge in [-0.15, -0.1) is 0 Å². The molecule has 0 aromatic heterocycles. The molecule has 174 valence electrons. The van der Waals surface area contributed by atoms with E-state index in [0.29, 0.717) is 22.2 Å². The predicted octanol–water partition coefficient (Wildman–Crippen LogP) is 5.90. The number of amides is 1. The topological polar surface area (TPSA) is 72.3 Å². The van der Waals surface area contributed by atoms with Crippen molar-refractivity contribution < 1.29 is 14.3 Å². The van der Waals surface area contributed by atoms with E-state index in [1.54, 1.807) is 12.1 Å². The van der Waals surface area contributed by atoms with Crippen LogP contribution in [0.3, 0.4) is 0 Å². The third kappa shape index (κ3) is 5.36. The number of methoxy groups -OCH3 is 2. The van der Waals surface area contributed by atoms with Crippen LogP contribution in [0.4, 0.5) is 5.69 Å². The highest BCUT2D eigenvalue weighted by atomic mass is 35.5. The molecular formula is C25H28ClN3O3S. The molecule has 2 aromatic rings. The van der Waals surface area contributed by atoms with Gasteiger partial charge in [0.15, 0.2) is 5.66 Å². The van der Waals surface area contributed by atoms with Gasteiger partial charge in [-0.25, -0.2) is 4.99 Å². The largest absolute Gasteiger partial charge is 0.495 e. The van der Waals surface area contributed by atoms with Gasteiger partial charge in [-0.3, -0.25) is 9.79 Å². The summed E-state index contributed by atoms with van der Waals surface area (Å²) in [6.07, 6.45) is 5.40. The van der Waals surface area contributed by atoms with Gasteiger partial charge < -0.3 is 14.8 Å². The average molecular weight is 486 g/mol. The number of ether oxygens (including phenoxy) is 2. The number of carbonyl (C=O) groups excluding carboxylic acids is 1. The summed E-state index contributed by atoms with van der Waals surface area (Å²) >= 11 is 7.65. The molecule has 0 saturated heterocycles. The Morgan fingerprint density at radius 2 is 1.76 bits per heavy atom. The molecule has 1 heterocycles. The number of anilines is 1. The van der Waals surface area contributed by atoms with Gasteiger partial charge in [0.05, 0.1) is 36.4 Å². The first kappa shape index (κ1) is 23.6. The zero-order valence-electron chi connectivity index (χ0n) is 19.1. The Morgan fingerprint density at radius 1 is 1.06 bits per heavy atom.